The summed E-state index contributed by atoms with van der Waals surface area (Å²) < 4.78 is 9.93. The van der Waals surface area contributed by atoms with Gasteiger partial charge in [-0.2, -0.15) is 0 Å². The number of hydrogen-bond donors (Lipinski definition) is 1. The maximum Gasteiger partial charge on any atom is 0.305 e. The van der Waals surface area contributed by atoms with Gasteiger partial charge in [-0.3, -0.25) is 4.79 Å². The molecule has 1 fully saturated rings. The van der Waals surface area contributed by atoms with E-state index in [2.05, 4.69) is 10.1 Å². The topological polar surface area (TPSA) is 47.6 Å². The second-order valence-corrected chi connectivity index (χ2v) is 2.81. The van der Waals surface area contributed by atoms with E-state index < -0.39 is 0 Å². The van der Waals surface area contributed by atoms with Crippen molar-refractivity contribution in [1.82, 2.24) is 5.32 Å². The van der Waals surface area contributed by atoms with Gasteiger partial charge in [-0.05, 0) is 6.42 Å². The first kappa shape index (κ1) is 9.48. The van der Waals surface area contributed by atoms with Gasteiger partial charge in [0.2, 0.25) is 0 Å². The predicted octanol–water partition coefficient (Wildman–Crippen LogP) is -0.0720. The molecule has 1 saturated heterocycles. The summed E-state index contributed by atoms with van der Waals surface area (Å²) in [4.78, 5) is 10.8. The molecule has 1 rings (SSSR count). The number of esters is 1. The van der Waals surface area contributed by atoms with Gasteiger partial charge in [-0.25, -0.2) is 0 Å². The molecule has 4 heteroatoms. The normalized spacial score (nSPS) is 23.6. The zero-order valence-electron chi connectivity index (χ0n) is 7.34. The molecule has 0 aromatic heterocycles. The number of ether oxygens (including phenoxy) is 2. The molecule has 1 aliphatic heterocycles. The highest BCUT2D eigenvalue weighted by Gasteiger charge is 2.14. The van der Waals surface area contributed by atoms with Gasteiger partial charge >= 0.3 is 5.97 Å². The highest BCUT2D eigenvalue weighted by atomic mass is 16.5. The molecule has 0 spiro atoms. The Balaban J connectivity index is 2.09. The fraction of sp³-hybridized carbons (Fsp3) is 0.875. The molecule has 0 radical (unpaired) electrons. The average molecular weight is 173 g/mol. The number of rotatable bonds is 3. The molecular formula is C8H15NO3. The molecule has 1 atom stereocenters. The van der Waals surface area contributed by atoms with Crippen molar-refractivity contribution in [1.29, 1.82) is 0 Å². The lowest BCUT2D eigenvalue weighted by Gasteiger charge is -2.22. The van der Waals surface area contributed by atoms with Crippen LogP contribution in [0.4, 0.5) is 0 Å². The quantitative estimate of drug-likeness (QED) is 0.607. The Bertz CT molecular complexity index is 143. The maximum absolute atomic E-state index is 10.8. The molecule has 12 heavy (non-hydrogen) atoms. The Morgan fingerprint density at radius 1 is 1.75 bits per heavy atom. The molecule has 70 valence electrons. The van der Waals surface area contributed by atoms with Gasteiger partial charge in [0.1, 0.15) is 0 Å². The van der Waals surface area contributed by atoms with Crippen LogP contribution in [0.3, 0.4) is 0 Å². The lowest BCUT2D eigenvalue weighted by molar-refractivity contribution is -0.141. The Labute approximate surface area is 72.2 Å². The van der Waals surface area contributed by atoms with E-state index >= 15 is 0 Å². The van der Waals surface area contributed by atoms with Crippen molar-refractivity contribution in [3.05, 3.63) is 0 Å². The van der Waals surface area contributed by atoms with Crippen LogP contribution in [0.5, 0.6) is 0 Å². The van der Waals surface area contributed by atoms with Crippen molar-refractivity contribution < 1.29 is 14.3 Å². The second kappa shape index (κ2) is 5.11. The van der Waals surface area contributed by atoms with E-state index in [4.69, 9.17) is 4.74 Å². The van der Waals surface area contributed by atoms with Gasteiger partial charge in [-0.1, -0.05) is 0 Å². The lowest BCUT2D eigenvalue weighted by Crippen LogP contribution is -2.38. The summed E-state index contributed by atoms with van der Waals surface area (Å²) in [5.74, 6) is -0.163. The van der Waals surface area contributed by atoms with Crippen LogP contribution in [0.2, 0.25) is 0 Å². The number of carbonyl (C=O) groups is 1. The van der Waals surface area contributed by atoms with Crippen molar-refractivity contribution in [2.45, 2.75) is 18.9 Å². The van der Waals surface area contributed by atoms with E-state index in [1.807, 2.05) is 0 Å². The SMILES string of the molecule is COC(=O)CC[C@@H]1CNCCO1. The molecule has 0 aromatic rings. The van der Waals surface area contributed by atoms with Crippen molar-refractivity contribution >= 4 is 5.97 Å². The monoisotopic (exact) mass is 173 g/mol. The van der Waals surface area contributed by atoms with Gasteiger partial charge < -0.3 is 14.8 Å². The third-order valence-electron chi connectivity index (χ3n) is 1.90. The van der Waals surface area contributed by atoms with E-state index in [9.17, 15) is 4.79 Å². The first-order chi connectivity index (χ1) is 5.83. The number of hydrogen-bond acceptors (Lipinski definition) is 4. The van der Waals surface area contributed by atoms with Crippen LogP contribution in [-0.2, 0) is 14.3 Å². The zero-order chi connectivity index (χ0) is 8.81. The van der Waals surface area contributed by atoms with E-state index in [1.54, 1.807) is 0 Å². The highest BCUT2D eigenvalue weighted by Crippen LogP contribution is 2.04. The number of nitrogens with one attached hydrogen (secondary N) is 1. The standard InChI is InChI=1S/C8H15NO3/c1-11-8(10)3-2-7-6-9-4-5-12-7/h7,9H,2-6H2,1H3/t7-/m1/s1. The zero-order valence-corrected chi connectivity index (χ0v) is 7.34. The Kier molecular flexibility index (Phi) is 4.04. The summed E-state index contributed by atoms with van der Waals surface area (Å²) in [6.45, 7) is 2.50. The van der Waals surface area contributed by atoms with Gasteiger partial charge in [-0.15, -0.1) is 0 Å². The molecular weight excluding hydrogens is 158 g/mol. The number of methoxy groups -OCH3 is 1. The summed E-state index contributed by atoms with van der Waals surface area (Å²) in [7, 11) is 1.41. The number of morpholine rings is 1. The largest absolute Gasteiger partial charge is 0.469 e. The fourth-order valence-corrected chi connectivity index (χ4v) is 1.19. The predicted molar refractivity (Wildman–Crippen MR) is 43.9 cm³/mol. The third kappa shape index (κ3) is 3.19. The molecule has 4 nitrogen and oxygen atoms in total. The first-order valence-corrected chi connectivity index (χ1v) is 4.22. The average Bonchev–Trinajstić information content (AvgIpc) is 2.16. The summed E-state index contributed by atoms with van der Waals surface area (Å²) in [6.07, 6.45) is 1.38. The molecule has 1 N–H and O–H groups in total. The smallest absolute Gasteiger partial charge is 0.305 e. The van der Waals surface area contributed by atoms with Crippen LogP contribution in [0, 0.1) is 0 Å². The maximum atomic E-state index is 10.8. The molecule has 0 saturated carbocycles. The van der Waals surface area contributed by atoms with Crippen molar-refractivity contribution in [3.8, 4) is 0 Å². The molecule has 0 unspecified atom stereocenters. The minimum atomic E-state index is -0.163. The minimum Gasteiger partial charge on any atom is -0.469 e. The molecule has 0 aromatic carbocycles. The number of carbonyl (C=O) groups excluding carboxylic acids is 1. The molecule has 1 heterocycles. The molecule has 1 aliphatic rings. The molecule has 0 amide bonds. The summed E-state index contributed by atoms with van der Waals surface area (Å²) in [5, 5.41) is 3.20. The van der Waals surface area contributed by atoms with Crippen molar-refractivity contribution in [2.24, 2.45) is 0 Å². The van der Waals surface area contributed by atoms with Crippen LogP contribution >= 0.6 is 0 Å². The summed E-state index contributed by atoms with van der Waals surface area (Å²) in [5.41, 5.74) is 0. The van der Waals surface area contributed by atoms with Crippen molar-refractivity contribution in [3.63, 3.8) is 0 Å². The second-order valence-electron chi connectivity index (χ2n) is 2.81. The van der Waals surface area contributed by atoms with Gasteiger partial charge in [0.25, 0.3) is 0 Å². The van der Waals surface area contributed by atoms with E-state index in [-0.39, 0.29) is 12.1 Å². The Morgan fingerprint density at radius 2 is 2.58 bits per heavy atom. The van der Waals surface area contributed by atoms with Gasteiger partial charge in [0.15, 0.2) is 0 Å². The van der Waals surface area contributed by atoms with Crippen LogP contribution in [-0.4, -0.2) is 38.9 Å². The third-order valence-corrected chi connectivity index (χ3v) is 1.90. The molecule has 0 aliphatic carbocycles. The van der Waals surface area contributed by atoms with Gasteiger partial charge in [0.05, 0.1) is 19.8 Å². The van der Waals surface area contributed by atoms with Crippen LogP contribution in [0.1, 0.15) is 12.8 Å². The van der Waals surface area contributed by atoms with Crippen LogP contribution in [0.25, 0.3) is 0 Å². The Hall–Kier alpha value is -0.610. The highest BCUT2D eigenvalue weighted by molar-refractivity contribution is 5.69. The van der Waals surface area contributed by atoms with Crippen LogP contribution in [0.15, 0.2) is 0 Å². The minimum absolute atomic E-state index is 0.163. The van der Waals surface area contributed by atoms with E-state index in [0.29, 0.717) is 6.42 Å². The molecule has 0 bridgehead atoms. The summed E-state index contributed by atoms with van der Waals surface area (Å²) in [6, 6.07) is 0. The van der Waals surface area contributed by atoms with E-state index in [1.165, 1.54) is 7.11 Å². The lowest BCUT2D eigenvalue weighted by atomic mass is 10.2. The Morgan fingerprint density at radius 3 is 3.17 bits per heavy atom. The van der Waals surface area contributed by atoms with Crippen LogP contribution < -0.4 is 5.32 Å². The van der Waals surface area contributed by atoms with E-state index in [0.717, 1.165) is 26.1 Å². The summed E-state index contributed by atoms with van der Waals surface area (Å²) >= 11 is 0. The fourth-order valence-electron chi connectivity index (χ4n) is 1.19. The van der Waals surface area contributed by atoms with Gasteiger partial charge in [0, 0.05) is 19.5 Å². The van der Waals surface area contributed by atoms with Crippen molar-refractivity contribution in [2.75, 3.05) is 26.8 Å². The first-order valence-electron chi connectivity index (χ1n) is 4.22.